The number of nitrogens with zero attached hydrogens (tertiary/aromatic N) is 2. The molecule has 2 rings (SSSR count). The highest BCUT2D eigenvalue weighted by atomic mass is 16.5. The Bertz CT molecular complexity index is 445. The van der Waals surface area contributed by atoms with Gasteiger partial charge >= 0.3 is 0 Å². The molecule has 1 fully saturated rings. The Labute approximate surface area is 115 Å². The molecule has 1 saturated carbocycles. The molecule has 0 bridgehead atoms. The van der Waals surface area contributed by atoms with Crippen LogP contribution in [-0.2, 0) is 6.54 Å². The van der Waals surface area contributed by atoms with Crippen LogP contribution in [0.2, 0.25) is 0 Å². The van der Waals surface area contributed by atoms with E-state index in [-0.39, 0.29) is 11.2 Å². The Morgan fingerprint density at radius 1 is 1.42 bits per heavy atom. The Kier molecular flexibility index (Phi) is 4.27. The maximum atomic E-state index is 13.0. The minimum Gasteiger partial charge on any atom is -0.493 e. The number of rotatable bonds is 6. The highest BCUT2D eigenvalue weighted by molar-refractivity contribution is 6.01. The van der Waals surface area contributed by atoms with E-state index >= 15 is 0 Å². The molecule has 1 aliphatic rings. The van der Waals surface area contributed by atoms with Crippen LogP contribution in [0.3, 0.4) is 0 Å². The summed E-state index contributed by atoms with van der Waals surface area (Å²) in [6, 6.07) is 0. The van der Waals surface area contributed by atoms with E-state index < -0.39 is 0 Å². The standard InChI is InChI=1S/C15H24N2O2/c1-4-10-17-13(12(19-3)11-16-17)14(18)15(5-2)8-6-7-9-15/h11H,4-10H2,1-3H3. The first-order valence-electron chi connectivity index (χ1n) is 7.33. The van der Waals surface area contributed by atoms with Gasteiger partial charge in [-0.3, -0.25) is 9.48 Å². The van der Waals surface area contributed by atoms with Crippen molar-refractivity contribution in [2.45, 2.75) is 58.9 Å². The molecule has 19 heavy (non-hydrogen) atoms. The first kappa shape index (κ1) is 14.1. The molecule has 0 saturated heterocycles. The van der Waals surface area contributed by atoms with Gasteiger partial charge in [0.2, 0.25) is 0 Å². The molecule has 0 amide bonds. The molecule has 0 radical (unpaired) electrons. The molecule has 0 unspecified atom stereocenters. The average Bonchev–Trinajstić information content (AvgIpc) is 3.05. The molecule has 0 N–H and O–H groups in total. The van der Waals surface area contributed by atoms with Crippen molar-refractivity contribution >= 4 is 5.78 Å². The van der Waals surface area contributed by atoms with Gasteiger partial charge in [-0.15, -0.1) is 0 Å². The maximum absolute atomic E-state index is 13.0. The van der Waals surface area contributed by atoms with Crippen LogP contribution in [0.1, 0.15) is 62.9 Å². The van der Waals surface area contributed by atoms with E-state index in [1.54, 1.807) is 13.3 Å². The van der Waals surface area contributed by atoms with E-state index in [1.807, 2.05) is 4.68 Å². The highest BCUT2D eigenvalue weighted by Gasteiger charge is 2.42. The summed E-state index contributed by atoms with van der Waals surface area (Å²) in [5.74, 6) is 0.855. The number of hydrogen-bond donors (Lipinski definition) is 0. The van der Waals surface area contributed by atoms with Gasteiger partial charge in [0.05, 0.1) is 13.3 Å². The number of aromatic nitrogens is 2. The molecule has 1 aromatic heterocycles. The summed E-state index contributed by atoms with van der Waals surface area (Å²) in [5, 5.41) is 4.31. The quantitative estimate of drug-likeness (QED) is 0.739. The first-order chi connectivity index (χ1) is 9.18. The van der Waals surface area contributed by atoms with Gasteiger partial charge in [-0.2, -0.15) is 5.10 Å². The Hall–Kier alpha value is -1.32. The summed E-state index contributed by atoms with van der Waals surface area (Å²) in [7, 11) is 1.61. The number of methoxy groups -OCH3 is 1. The van der Waals surface area contributed by atoms with Crippen molar-refractivity contribution in [3.8, 4) is 5.75 Å². The van der Waals surface area contributed by atoms with Crippen LogP contribution in [0.25, 0.3) is 0 Å². The van der Waals surface area contributed by atoms with Gasteiger partial charge in [0, 0.05) is 12.0 Å². The van der Waals surface area contributed by atoms with Crippen molar-refractivity contribution in [3.05, 3.63) is 11.9 Å². The van der Waals surface area contributed by atoms with Crippen molar-refractivity contribution in [1.82, 2.24) is 9.78 Å². The second-order valence-electron chi connectivity index (χ2n) is 5.45. The summed E-state index contributed by atoms with van der Waals surface area (Å²) in [5.41, 5.74) is 0.492. The molecule has 106 valence electrons. The van der Waals surface area contributed by atoms with Crippen LogP contribution in [0.4, 0.5) is 0 Å². The summed E-state index contributed by atoms with van der Waals surface area (Å²) in [6.07, 6.45) is 7.86. The monoisotopic (exact) mass is 264 g/mol. The number of hydrogen-bond acceptors (Lipinski definition) is 3. The van der Waals surface area contributed by atoms with Gasteiger partial charge in [-0.1, -0.05) is 26.7 Å². The lowest BCUT2D eigenvalue weighted by molar-refractivity contribution is 0.0775. The van der Waals surface area contributed by atoms with Crippen molar-refractivity contribution in [2.24, 2.45) is 5.41 Å². The molecule has 0 aromatic carbocycles. The summed E-state index contributed by atoms with van der Waals surface area (Å²) in [6.45, 7) is 4.98. The van der Waals surface area contributed by atoms with Gasteiger partial charge in [-0.25, -0.2) is 0 Å². The van der Waals surface area contributed by atoms with E-state index in [0.717, 1.165) is 45.1 Å². The first-order valence-corrected chi connectivity index (χ1v) is 7.33. The van der Waals surface area contributed by atoms with Crippen molar-refractivity contribution < 1.29 is 9.53 Å². The van der Waals surface area contributed by atoms with Gasteiger partial charge in [-0.05, 0) is 25.7 Å². The number of Topliss-reactive ketones (excluding diaryl/α,β-unsaturated/α-hetero) is 1. The largest absolute Gasteiger partial charge is 0.493 e. The molecule has 1 aromatic rings. The van der Waals surface area contributed by atoms with Crippen LogP contribution in [0.5, 0.6) is 5.75 Å². The zero-order chi connectivity index (χ0) is 13.9. The number of ether oxygens (including phenoxy) is 1. The minimum atomic E-state index is -0.182. The van der Waals surface area contributed by atoms with Gasteiger partial charge in [0.1, 0.15) is 5.69 Å². The third-order valence-electron chi connectivity index (χ3n) is 4.40. The smallest absolute Gasteiger partial charge is 0.190 e. The number of aryl methyl sites for hydroxylation is 1. The van der Waals surface area contributed by atoms with Gasteiger partial charge in [0.25, 0.3) is 0 Å². The summed E-state index contributed by atoms with van der Waals surface area (Å²) in [4.78, 5) is 13.0. The van der Waals surface area contributed by atoms with E-state index in [1.165, 1.54) is 0 Å². The lowest BCUT2D eigenvalue weighted by Crippen LogP contribution is -2.30. The van der Waals surface area contributed by atoms with Crippen LogP contribution >= 0.6 is 0 Å². The second kappa shape index (κ2) is 5.76. The van der Waals surface area contributed by atoms with Gasteiger partial charge in [0.15, 0.2) is 11.5 Å². The predicted molar refractivity (Wildman–Crippen MR) is 74.6 cm³/mol. The Morgan fingerprint density at radius 3 is 2.63 bits per heavy atom. The molecular weight excluding hydrogens is 240 g/mol. The number of carbonyl (C=O) groups is 1. The molecule has 0 spiro atoms. The lowest BCUT2D eigenvalue weighted by atomic mass is 9.78. The number of carbonyl (C=O) groups excluding carboxylic acids is 1. The van der Waals surface area contributed by atoms with Crippen molar-refractivity contribution in [1.29, 1.82) is 0 Å². The summed E-state index contributed by atoms with van der Waals surface area (Å²) < 4.78 is 7.15. The van der Waals surface area contributed by atoms with Crippen LogP contribution in [0.15, 0.2) is 6.20 Å². The molecule has 1 heterocycles. The molecule has 0 atom stereocenters. The fraction of sp³-hybridized carbons (Fsp3) is 0.733. The summed E-state index contributed by atoms with van der Waals surface area (Å²) >= 11 is 0. The Morgan fingerprint density at radius 2 is 2.11 bits per heavy atom. The predicted octanol–water partition coefficient (Wildman–Crippen LogP) is 3.45. The fourth-order valence-corrected chi connectivity index (χ4v) is 3.17. The lowest BCUT2D eigenvalue weighted by Gasteiger charge is -2.26. The zero-order valence-electron chi connectivity index (χ0n) is 12.2. The molecular formula is C15H24N2O2. The topological polar surface area (TPSA) is 44.1 Å². The molecule has 1 aliphatic carbocycles. The van der Waals surface area contributed by atoms with E-state index in [2.05, 4.69) is 18.9 Å². The van der Waals surface area contributed by atoms with E-state index in [4.69, 9.17) is 4.74 Å². The molecule has 0 aliphatic heterocycles. The zero-order valence-corrected chi connectivity index (χ0v) is 12.2. The third-order valence-corrected chi connectivity index (χ3v) is 4.40. The molecule has 4 heteroatoms. The maximum Gasteiger partial charge on any atom is 0.190 e. The van der Waals surface area contributed by atoms with Crippen LogP contribution in [0, 0.1) is 5.41 Å². The van der Waals surface area contributed by atoms with E-state index in [0.29, 0.717) is 11.4 Å². The average molecular weight is 264 g/mol. The minimum absolute atomic E-state index is 0.182. The molecule has 4 nitrogen and oxygen atoms in total. The van der Waals surface area contributed by atoms with Crippen molar-refractivity contribution in [3.63, 3.8) is 0 Å². The SMILES string of the molecule is CCCn1ncc(OC)c1C(=O)C1(CC)CCCC1. The fourth-order valence-electron chi connectivity index (χ4n) is 3.17. The number of ketones is 1. The van der Waals surface area contributed by atoms with Gasteiger partial charge < -0.3 is 4.74 Å². The Balaban J connectivity index is 2.39. The normalized spacial score (nSPS) is 17.6. The van der Waals surface area contributed by atoms with Crippen LogP contribution < -0.4 is 4.74 Å². The third kappa shape index (κ3) is 2.40. The van der Waals surface area contributed by atoms with Crippen molar-refractivity contribution in [2.75, 3.05) is 7.11 Å². The highest BCUT2D eigenvalue weighted by Crippen LogP contribution is 2.44. The van der Waals surface area contributed by atoms with Crippen LogP contribution in [-0.4, -0.2) is 22.7 Å². The van der Waals surface area contributed by atoms with E-state index in [9.17, 15) is 4.79 Å². The second-order valence-corrected chi connectivity index (χ2v) is 5.45.